The van der Waals surface area contributed by atoms with Crippen LogP contribution in [0.2, 0.25) is 0 Å². The normalized spacial score (nSPS) is 10.4. The second-order valence-electron chi connectivity index (χ2n) is 5.57. The van der Waals surface area contributed by atoms with Crippen molar-refractivity contribution >= 4 is 23.6 Å². The maximum Gasteiger partial charge on any atom is 0.337 e. The predicted molar refractivity (Wildman–Crippen MR) is 102 cm³/mol. The number of ether oxygens (including phenoxy) is 3. The molecule has 10 heteroatoms. The van der Waals surface area contributed by atoms with Crippen LogP contribution in [0.4, 0.5) is 17.6 Å². The van der Waals surface area contributed by atoms with Gasteiger partial charge < -0.3 is 30.4 Å². The minimum Gasteiger partial charge on any atom is -0.493 e. The Morgan fingerprint density at radius 2 is 1.75 bits per heavy atom. The van der Waals surface area contributed by atoms with Crippen LogP contribution in [0.15, 0.2) is 36.4 Å². The van der Waals surface area contributed by atoms with E-state index in [1.807, 2.05) is 0 Å². The molecule has 1 aromatic heterocycles. The van der Waals surface area contributed by atoms with E-state index in [0.29, 0.717) is 28.6 Å². The molecule has 0 radical (unpaired) electrons. The quantitative estimate of drug-likeness (QED) is 0.560. The first-order chi connectivity index (χ1) is 13.5. The van der Waals surface area contributed by atoms with Crippen molar-refractivity contribution in [2.24, 2.45) is 0 Å². The van der Waals surface area contributed by atoms with E-state index in [1.54, 1.807) is 30.3 Å². The number of carbonyl (C=O) groups is 1. The number of nitrogens with two attached hydrogens (primary N) is 1. The van der Waals surface area contributed by atoms with Gasteiger partial charge >= 0.3 is 5.97 Å². The molecule has 28 heavy (non-hydrogen) atoms. The number of aromatic carboxylic acids is 1. The second kappa shape index (κ2) is 7.74. The Kier molecular flexibility index (Phi) is 5.21. The molecule has 0 bridgehead atoms. The molecule has 0 spiro atoms. The van der Waals surface area contributed by atoms with Crippen molar-refractivity contribution in [2.45, 2.75) is 0 Å². The average Bonchev–Trinajstić information content (AvgIpc) is 3.06. The van der Waals surface area contributed by atoms with E-state index < -0.39 is 5.97 Å². The largest absolute Gasteiger partial charge is 0.493 e. The van der Waals surface area contributed by atoms with Gasteiger partial charge in [-0.3, -0.25) is 0 Å². The van der Waals surface area contributed by atoms with E-state index in [0.717, 1.165) is 0 Å². The molecule has 0 amide bonds. The summed E-state index contributed by atoms with van der Waals surface area (Å²) in [4.78, 5) is 15.6. The fourth-order valence-corrected chi connectivity index (χ4v) is 2.68. The van der Waals surface area contributed by atoms with E-state index >= 15 is 0 Å². The van der Waals surface area contributed by atoms with Crippen LogP contribution in [0.3, 0.4) is 0 Å². The maximum atomic E-state index is 11.4. The molecule has 4 N–H and O–H groups in total. The van der Waals surface area contributed by atoms with Crippen LogP contribution in [0, 0.1) is 0 Å². The molecule has 0 aliphatic carbocycles. The lowest BCUT2D eigenvalue weighted by Gasteiger charge is -2.14. The number of nitrogen functional groups attached to an aromatic ring is 1. The van der Waals surface area contributed by atoms with E-state index in [9.17, 15) is 9.90 Å². The smallest absolute Gasteiger partial charge is 0.337 e. The molecular weight excluding hydrogens is 366 g/mol. The highest BCUT2D eigenvalue weighted by atomic mass is 16.5. The highest BCUT2D eigenvalue weighted by Crippen LogP contribution is 2.40. The Hall–Kier alpha value is -3.95. The Labute approximate surface area is 160 Å². The SMILES string of the molecule is COc1cc(Nc2nc(N)n(-c3ccccc3C(=O)O)n2)cc(OC)c1OC. The van der Waals surface area contributed by atoms with E-state index in [-0.39, 0.29) is 17.5 Å². The molecule has 0 atom stereocenters. The summed E-state index contributed by atoms with van der Waals surface area (Å²) < 4.78 is 17.2. The van der Waals surface area contributed by atoms with Crippen molar-refractivity contribution in [3.05, 3.63) is 42.0 Å². The summed E-state index contributed by atoms with van der Waals surface area (Å²) in [5.41, 5.74) is 6.87. The molecule has 0 saturated heterocycles. The molecule has 0 unspecified atom stereocenters. The summed E-state index contributed by atoms with van der Waals surface area (Å²) in [6, 6.07) is 9.74. The molecule has 0 aliphatic heterocycles. The number of methoxy groups -OCH3 is 3. The summed E-state index contributed by atoms with van der Waals surface area (Å²) in [5, 5.41) is 16.6. The van der Waals surface area contributed by atoms with Gasteiger partial charge in [0.2, 0.25) is 17.6 Å². The van der Waals surface area contributed by atoms with Crippen LogP contribution < -0.4 is 25.3 Å². The van der Waals surface area contributed by atoms with E-state index in [2.05, 4.69) is 15.4 Å². The summed E-state index contributed by atoms with van der Waals surface area (Å²) in [6.45, 7) is 0. The summed E-state index contributed by atoms with van der Waals surface area (Å²) in [6.07, 6.45) is 0. The Morgan fingerprint density at radius 3 is 2.32 bits per heavy atom. The van der Waals surface area contributed by atoms with Crippen molar-refractivity contribution in [2.75, 3.05) is 32.4 Å². The zero-order valence-corrected chi connectivity index (χ0v) is 15.5. The molecule has 3 aromatic rings. The maximum absolute atomic E-state index is 11.4. The highest BCUT2D eigenvalue weighted by molar-refractivity contribution is 5.92. The second-order valence-corrected chi connectivity index (χ2v) is 5.57. The molecule has 3 rings (SSSR count). The first kappa shape index (κ1) is 18.8. The number of aromatic nitrogens is 3. The minimum atomic E-state index is -1.09. The zero-order valence-electron chi connectivity index (χ0n) is 15.5. The lowest BCUT2D eigenvalue weighted by Crippen LogP contribution is -2.09. The van der Waals surface area contributed by atoms with Crippen LogP contribution >= 0.6 is 0 Å². The number of hydrogen-bond donors (Lipinski definition) is 3. The van der Waals surface area contributed by atoms with Gasteiger partial charge in [-0.05, 0) is 12.1 Å². The molecule has 0 fully saturated rings. The van der Waals surface area contributed by atoms with Crippen molar-refractivity contribution in [3.8, 4) is 22.9 Å². The topological polar surface area (TPSA) is 134 Å². The van der Waals surface area contributed by atoms with Crippen molar-refractivity contribution in [1.29, 1.82) is 0 Å². The summed E-state index contributed by atoms with van der Waals surface area (Å²) >= 11 is 0. The Balaban J connectivity index is 1.98. The van der Waals surface area contributed by atoms with Gasteiger partial charge in [0.15, 0.2) is 11.5 Å². The lowest BCUT2D eigenvalue weighted by atomic mass is 10.2. The van der Waals surface area contributed by atoms with Gasteiger partial charge in [-0.15, -0.1) is 5.10 Å². The van der Waals surface area contributed by atoms with Crippen molar-refractivity contribution in [1.82, 2.24) is 14.8 Å². The van der Waals surface area contributed by atoms with Crippen LogP contribution in [-0.2, 0) is 0 Å². The van der Waals surface area contributed by atoms with Crippen molar-refractivity contribution in [3.63, 3.8) is 0 Å². The van der Waals surface area contributed by atoms with E-state index in [1.165, 1.54) is 32.1 Å². The summed E-state index contributed by atoms with van der Waals surface area (Å²) in [5.74, 6) is 0.463. The first-order valence-corrected chi connectivity index (χ1v) is 8.10. The fourth-order valence-electron chi connectivity index (χ4n) is 2.68. The first-order valence-electron chi connectivity index (χ1n) is 8.10. The van der Waals surface area contributed by atoms with E-state index in [4.69, 9.17) is 19.9 Å². The number of nitrogens with one attached hydrogen (secondary N) is 1. The monoisotopic (exact) mass is 385 g/mol. The number of carboxylic acid groups (broad SMARTS) is 1. The van der Waals surface area contributed by atoms with Gasteiger partial charge in [-0.1, -0.05) is 12.1 Å². The minimum absolute atomic E-state index is 0.0311. The lowest BCUT2D eigenvalue weighted by molar-refractivity contribution is 0.0697. The van der Waals surface area contributed by atoms with Gasteiger partial charge in [0.1, 0.15) is 0 Å². The standard InChI is InChI=1S/C18H19N5O5/c1-26-13-8-10(9-14(27-2)15(13)28-3)20-18-21-17(19)23(22-18)12-7-5-4-6-11(12)16(24)25/h4-9H,1-3H3,(H,24,25)(H3,19,20,21,22). The van der Waals surface area contributed by atoms with Gasteiger partial charge in [0.25, 0.3) is 0 Å². The third-order valence-electron chi connectivity index (χ3n) is 3.92. The molecule has 0 saturated carbocycles. The number of carboxylic acids is 1. The fraction of sp³-hybridized carbons (Fsp3) is 0.167. The number of rotatable bonds is 7. The molecular formula is C18H19N5O5. The van der Waals surface area contributed by atoms with Crippen LogP contribution in [0.25, 0.3) is 5.69 Å². The summed E-state index contributed by atoms with van der Waals surface area (Å²) in [7, 11) is 4.53. The van der Waals surface area contributed by atoms with Gasteiger partial charge in [-0.2, -0.15) is 9.67 Å². The molecule has 1 heterocycles. The molecule has 0 aliphatic rings. The van der Waals surface area contributed by atoms with Gasteiger partial charge in [0, 0.05) is 17.8 Å². The third kappa shape index (κ3) is 3.47. The molecule has 10 nitrogen and oxygen atoms in total. The average molecular weight is 385 g/mol. The van der Waals surface area contributed by atoms with Gasteiger partial charge in [0.05, 0.1) is 32.6 Å². The van der Waals surface area contributed by atoms with Gasteiger partial charge in [-0.25, -0.2) is 4.79 Å². The number of benzene rings is 2. The highest BCUT2D eigenvalue weighted by Gasteiger charge is 2.18. The van der Waals surface area contributed by atoms with Crippen molar-refractivity contribution < 1.29 is 24.1 Å². The van der Waals surface area contributed by atoms with Crippen LogP contribution in [0.1, 0.15) is 10.4 Å². The Morgan fingerprint density at radius 1 is 1.11 bits per heavy atom. The number of para-hydroxylation sites is 1. The number of nitrogens with zero attached hydrogens (tertiary/aromatic N) is 3. The van der Waals surface area contributed by atoms with Crippen LogP contribution in [0.5, 0.6) is 17.2 Å². The molecule has 146 valence electrons. The third-order valence-corrected chi connectivity index (χ3v) is 3.92. The molecule has 2 aromatic carbocycles. The Bertz CT molecular complexity index is 992. The zero-order chi connectivity index (χ0) is 20.3. The predicted octanol–water partition coefficient (Wildman–Crippen LogP) is 2.32. The number of anilines is 3. The number of hydrogen-bond acceptors (Lipinski definition) is 8. The van der Waals surface area contributed by atoms with Crippen LogP contribution in [-0.4, -0.2) is 47.2 Å².